The lowest BCUT2D eigenvalue weighted by Gasteiger charge is -2.21. The predicted molar refractivity (Wildman–Crippen MR) is 136 cm³/mol. The fourth-order valence-electron chi connectivity index (χ4n) is 4.71. The molecule has 2 unspecified atom stereocenters. The van der Waals surface area contributed by atoms with E-state index in [1.54, 1.807) is 38.5 Å². The van der Waals surface area contributed by atoms with Gasteiger partial charge in [0.05, 0.1) is 31.8 Å². The average Bonchev–Trinajstić information content (AvgIpc) is 3.29. The summed E-state index contributed by atoms with van der Waals surface area (Å²) in [6, 6.07) is 16.5. The fraction of sp³-hybridized carbons (Fsp3) is 0.407. The lowest BCUT2D eigenvalue weighted by Crippen LogP contribution is -2.32. The molecule has 1 fully saturated rings. The second-order valence-electron chi connectivity index (χ2n) is 9.14. The van der Waals surface area contributed by atoms with E-state index in [-0.39, 0.29) is 17.4 Å². The molecule has 7 nitrogen and oxygen atoms in total. The molecule has 1 heterocycles. The zero-order valence-electron chi connectivity index (χ0n) is 20.4. The van der Waals surface area contributed by atoms with Gasteiger partial charge in [0, 0.05) is 24.9 Å². The van der Waals surface area contributed by atoms with Crippen LogP contribution in [-0.2, 0) is 20.7 Å². The van der Waals surface area contributed by atoms with E-state index in [4.69, 9.17) is 13.7 Å². The topological polar surface area (TPSA) is 85.3 Å². The molecule has 1 aliphatic heterocycles. The highest BCUT2D eigenvalue weighted by molar-refractivity contribution is 7.86. The number of aliphatic hydroxyl groups is 1. The number of β-amino-alcohol motifs (C(OH)–C–C–N with tert-alkyl or cyclic N) is 1. The Bertz CT molecular complexity index is 1260. The summed E-state index contributed by atoms with van der Waals surface area (Å²) in [7, 11) is -0.526. The fourth-order valence-corrected chi connectivity index (χ4v) is 5.69. The molecule has 0 radical (unpaired) electrons. The number of methoxy groups -OCH3 is 2. The van der Waals surface area contributed by atoms with E-state index < -0.39 is 16.2 Å². The van der Waals surface area contributed by atoms with Gasteiger partial charge in [-0.3, -0.25) is 4.18 Å². The van der Waals surface area contributed by atoms with Gasteiger partial charge in [-0.1, -0.05) is 42.0 Å². The van der Waals surface area contributed by atoms with Crippen LogP contribution < -0.4 is 9.47 Å². The Morgan fingerprint density at radius 1 is 1.03 bits per heavy atom. The summed E-state index contributed by atoms with van der Waals surface area (Å²) in [5, 5.41) is 12.8. The van der Waals surface area contributed by atoms with E-state index in [1.165, 1.54) is 0 Å². The third kappa shape index (κ3) is 5.95. The second kappa shape index (κ2) is 11.0. The molecule has 1 aliphatic rings. The van der Waals surface area contributed by atoms with Crippen LogP contribution in [0.25, 0.3) is 10.8 Å². The average molecular weight is 500 g/mol. The van der Waals surface area contributed by atoms with Gasteiger partial charge in [0.1, 0.15) is 0 Å². The molecular weight excluding hydrogens is 466 g/mol. The third-order valence-corrected chi connectivity index (χ3v) is 7.85. The molecule has 2 atom stereocenters. The summed E-state index contributed by atoms with van der Waals surface area (Å²) in [5.74, 6) is 1.47. The van der Waals surface area contributed by atoms with Crippen molar-refractivity contribution >= 4 is 20.9 Å². The van der Waals surface area contributed by atoms with Gasteiger partial charge in [0.25, 0.3) is 10.1 Å². The van der Waals surface area contributed by atoms with Crippen molar-refractivity contribution < 1.29 is 27.2 Å². The molecule has 0 amide bonds. The molecule has 0 bridgehead atoms. The lowest BCUT2D eigenvalue weighted by molar-refractivity contribution is 0.121. The van der Waals surface area contributed by atoms with Crippen LogP contribution in [0, 0.1) is 12.8 Å². The Morgan fingerprint density at radius 2 is 1.80 bits per heavy atom. The molecule has 35 heavy (non-hydrogen) atoms. The van der Waals surface area contributed by atoms with Crippen LogP contribution in [0.2, 0.25) is 0 Å². The molecule has 0 aliphatic carbocycles. The molecule has 3 aromatic rings. The van der Waals surface area contributed by atoms with E-state index in [0.29, 0.717) is 31.0 Å². The van der Waals surface area contributed by atoms with Crippen molar-refractivity contribution in [2.45, 2.75) is 30.8 Å². The Balaban J connectivity index is 1.33. The van der Waals surface area contributed by atoms with Crippen molar-refractivity contribution in [3.8, 4) is 11.5 Å². The number of aryl methyl sites for hydroxylation is 1. The number of likely N-dealkylation sites (tertiary alicyclic amines) is 1. The van der Waals surface area contributed by atoms with Gasteiger partial charge in [-0.25, -0.2) is 0 Å². The van der Waals surface area contributed by atoms with Gasteiger partial charge in [-0.05, 0) is 55.0 Å². The highest BCUT2D eigenvalue weighted by Gasteiger charge is 2.27. The van der Waals surface area contributed by atoms with Crippen LogP contribution in [-0.4, -0.2) is 65.0 Å². The monoisotopic (exact) mass is 499 g/mol. The quantitative estimate of drug-likeness (QED) is 0.425. The summed E-state index contributed by atoms with van der Waals surface area (Å²) in [6.07, 6.45) is 0.790. The van der Waals surface area contributed by atoms with Crippen molar-refractivity contribution in [1.29, 1.82) is 0 Å². The van der Waals surface area contributed by atoms with E-state index in [9.17, 15) is 13.5 Å². The normalized spacial score (nSPS) is 17.5. The number of hydrogen-bond acceptors (Lipinski definition) is 7. The Hall–Kier alpha value is -2.65. The molecule has 0 spiro atoms. The maximum absolute atomic E-state index is 12.5. The Morgan fingerprint density at radius 3 is 2.51 bits per heavy atom. The van der Waals surface area contributed by atoms with Crippen molar-refractivity contribution in [2.24, 2.45) is 5.92 Å². The number of hydrogen-bond donors (Lipinski definition) is 1. The maximum atomic E-state index is 12.5. The second-order valence-corrected chi connectivity index (χ2v) is 10.8. The molecule has 0 aromatic heterocycles. The lowest BCUT2D eigenvalue weighted by atomic mass is 9.98. The van der Waals surface area contributed by atoms with Gasteiger partial charge in [0.15, 0.2) is 11.5 Å². The number of ether oxygens (including phenoxy) is 2. The van der Waals surface area contributed by atoms with E-state index in [2.05, 4.69) is 4.90 Å². The Kier molecular flexibility index (Phi) is 7.96. The minimum Gasteiger partial charge on any atom is -0.493 e. The van der Waals surface area contributed by atoms with Crippen LogP contribution in [0.4, 0.5) is 0 Å². The van der Waals surface area contributed by atoms with Gasteiger partial charge >= 0.3 is 0 Å². The smallest absolute Gasteiger partial charge is 0.296 e. The highest BCUT2D eigenvalue weighted by Crippen LogP contribution is 2.37. The molecule has 1 saturated heterocycles. The van der Waals surface area contributed by atoms with E-state index in [1.807, 2.05) is 37.3 Å². The standard InChI is InChI=1S/C27H33NO6S/c1-19-7-9-23(10-8-19)35(30,31)34-18-20-13-14-28(16-20)17-22(29)15-21-5-4-6-25-24(21)11-12-26(32-2)27(25)33-3/h4-12,20,22,29H,13-18H2,1-3H3. The Labute approximate surface area is 207 Å². The zero-order chi connectivity index (χ0) is 25.0. The number of nitrogens with zero attached hydrogens (tertiary/aromatic N) is 1. The largest absolute Gasteiger partial charge is 0.493 e. The SMILES string of the molecule is COc1ccc2c(CC(O)CN3CCC(COS(=O)(=O)c4ccc(C)cc4)C3)cccc2c1OC. The summed E-state index contributed by atoms with van der Waals surface area (Å²) in [4.78, 5) is 2.35. The summed E-state index contributed by atoms with van der Waals surface area (Å²) >= 11 is 0. The number of rotatable bonds is 10. The summed E-state index contributed by atoms with van der Waals surface area (Å²) < 4.78 is 41.2. The van der Waals surface area contributed by atoms with Crippen molar-refractivity contribution in [1.82, 2.24) is 4.90 Å². The van der Waals surface area contributed by atoms with Gasteiger partial charge < -0.3 is 19.5 Å². The maximum Gasteiger partial charge on any atom is 0.296 e. The first-order chi connectivity index (χ1) is 16.8. The number of aliphatic hydroxyl groups excluding tert-OH is 1. The number of benzene rings is 3. The first-order valence-electron chi connectivity index (χ1n) is 11.8. The number of fused-ring (bicyclic) bond motifs is 1. The zero-order valence-corrected chi connectivity index (χ0v) is 21.3. The molecule has 188 valence electrons. The molecule has 4 rings (SSSR count). The van der Waals surface area contributed by atoms with Crippen molar-refractivity contribution in [2.75, 3.05) is 40.5 Å². The minimum absolute atomic E-state index is 0.108. The van der Waals surface area contributed by atoms with Gasteiger partial charge in [-0.15, -0.1) is 0 Å². The summed E-state index contributed by atoms with van der Waals surface area (Å²) in [5.41, 5.74) is 2.04. The molecule has 3 aromatic carbocycles. The van der Waals surface area contributed by atoms with Crippen LogP contribution in [0.3, 0.4) is 0 Å². The molecular formula is C27H33NO6S. The van der Waals surface area contributed by atoms with E-state index in [0.717, 1.165) is 34.9 Å². The predicted octanol–water partition coefficient (Wildman–Crippen LogP) is 3.80. The van der Waals surface area contributed by atoms with Crippen LogP contribution in [0.1, 0.15) is 17.5 Å². The van der Waals surface area contributed by atoms with Crippen LogP contribution >= 0.6 is 0 Å². The molecule has 8 heteroatoms. The minimum atomic E-state index is -3.76. The summed E-state index contributed by atoms with van der Waals surface area (Å²) in [6.45, 7) is 4.07. The highest BCUT2D eigenvalue weighted by atomic mass is 32.2. The molecule has 1 N–H and O–H groups in total. The van der Waals surface area contributed by atoms with Crippen molar-refractivity contribution in [3.05, 3.63) is 65.7 Å². The first-order valence-corrected chi connectivity index (χ1v) is 13.2. The van der Waals surface area contributed by atoms with Crippen LogP contribution in [0.15, 0.2) is 59.5 Å². The first kappa shape index (κ1) is 25.4. The molecule has 0 saturated carbocycles. The van der Waals surface area contributed by atoms with Gasteiger partial charge in [0.2, 0.25) is 0 Å². The van der Waals surface area contributed by atoms with Gasteiger partial charge in [-0.2, -0.15) is 8.42 Å². The third-order valence-electron chi connectivity index (χ3n) is 6.55. The van der Waals surface area contributed by atoms with Crippen molar-refractivity contribution in [3.63, 3.8) is 0 Å². The van der Waals surface area contributed by atoms with E-state index >= 15 is 0 Å². The van der Waals surface area contributed by atoms with Crippen LogP contribution in [0.5, 0.6) is 11.5 Å².